The lowest BCUT2D eigenvalue weighted by molar-refractivity contribution is 0.0592. The lowest BCUT2D eigenvalue weighted by Crippen LogP contribution is -2.01. The number of fused-ring (bicyclic) bond motifs is 1. The first kappa shape index (κ1) is 42.8. The lowest BCUT2D eigenvalue weighted by Gasteiger charge is -2.20. The van der Waals surface area contributed by atoms with E-state index in [0.29, 0.717) is 67.8 Å². The SMILES string of the molecule is COC(=O)c1ccc(Oc2c(Oc3ccc(C(=O)OC)cc3)c(-c3ccc(-c4ccccc4Oc4ccccc4)s3)c3nsnc3c2-c2ccc(-c3ccccc3Oc3ccccc3)s2)cc1. The molecule has 0 aliphatic heterocycles. The van der Waals surface area contributed by atoms with Gasteiger partial charge in [-0.2, -0.15) is 8.75 Å². The minimum atomic E-state index is -0.476. The molecule has 10 aromatic rings. The Kier molecular flexibility index (Phi) is 12.3. The van der Waals surface area contributed by atoms with E-state index in [4.69, 9.17) is 37.2 Å². The lowest BCUT2D eigenvalue weighted by atomic mass is 10.0. The van der Waals surface area contributed by atoms with Crippen LogP contribution in [0.5, 0.6) is 46.0 Å². The Morgan fingerprint density at radius 3 is 1.15 bits per heavy atom. The average Bonchev–Trinajstić information content (AvgIpc) is 4.18. The van der Waals surface area contributed by atoms with Gasteiger partial charge in [0.15, 0.2) is 11.5 Å². The third-order valence-electron chi connectivity index (χ3n) is 10.6. The maximum atomic E-state index is 12.5. The number of hydrogen-bond acceptors (Lipinski definition) is 13. The standard InChI is InChI=1S/C54H36N2O8S3/c1-59-53(57)33-21-25-37(26-22-33)63-51-47(45-31-29-43(65-45)39-17-9-11-19-41(39)61-35-13-5-3-6-14-35)49-50(56-67-55-49)48(52(51)64-38-27-23-34(24-28-38)54(58)60-2)46-32-30-44(66-46)40-18-10-12-20-42(40)62-36-15-7-4-8-16-36/h3-32H,1-2H3. The Hall–Kier alpha value is -8.10. The Morgan fingerprint density at radius 2 is 0.746 bits per heavy atom. The van der Waals surface area contributed by atoms with Crippen LogP contribution in [-0.4, -0.2) is 34.9 Å². The molecule has 0 saturated carbocycles. The highest BCUT2D eigenvalue weighted by molar-refractivity contribution is 7.19. The van der Waals surface area contributed by atoms with Gasteiger partial charge >= 0.3 is 11.9 Å². The fourth-order valence-corrected chi connectivity index (χ4v) is 10.1. The Morgan fingerprint density at radius 1 is 0.388 bits per heavy atom. The molecule has 10 rings (SSSR count). The first-order valence-electron chi connectivity index (χ1n) is 20.8. The normalized spacial score (nSPS) is 11.0. The van der Waals surface area contributed by atoms with Crippen LogP contribution in [0.2, 0.25) is 0 Å². The highest BCUT2D eigenvalue weighted by Crippen LogP contribution is 2.56. The summed E-state index contributed by atoms with van der Waals surface area (Å²) in [4.78, 5) is 28.5. The van der Waals surface area contributed by atoms with E-state index in [0.717, 1.165) is 53.9 Å². The van der Waals surface area contributed by atoms with Crippen molar-refractivity contribution < 1.29 is 38.0 Å². The van der Waals surface area contributed by atoms with E-state index >= 15 is 0 Å². The highest BCUT2D eigenvalue weighted by atomic mass is 32.1. The van der Waals surface area contributed by atoms with Crippen LogP contribution in [0.4, 0.5) is 0 Å². The number of esters is 2. The van der Waals surface area contributed by atoms with Gasteiger partial charge < -0.3 is 28.4 Å². The van der Waals surface area contributed by atoms with Crippen LogP contribution in [-0.2, 0) is 9.47 Å². The molecular formula is C54H36N2O8S3. The number of hydrogen-bond donors (Lipinski definition) is 0. The molecule has 10 nitrogen and oxygen atoms in total. The van der Waals surface area contributed by atoms with Crippen molar-refractivity contribution >= 4 is 57.4 Å². The van der Waals surface area contributed by atoms with Gasteiger partial charge in [-0.15, -0.1) is 22.7 Å². The predicted molar refractivity (Wildman–Crippen MR) is 264 cm³/mol. The molecule has 3 heterocycles. The average molecular weight is 937 g/mol. The summed E-state index contributed by atoms with van der Waals surface area (Å²) < 4.78 is 46.7. The topological polar surface area (TPSA) is 115 Å². The van der Waals surface area contributed by atoms with E-state index in [2.05, 4.69) is 0 Å². The van der Waals surface area contributed by atoms with Gasteiger partial charge in [-0.3, -0.25) is 0 Å². The van der Waals surface area contributed by atoms with Gasteiger partial charge in [0.25, 0.3) is 0 Å². The number of para-hydroxylation sites is 4. The van der Waals surface area contributed by atoms with Crippen molar-refractivity contribution in [3.63, 3.8) is 0 Å². The molecule has 0 N–H and O–H groups in total. The summed E-state index contributed by atoms with van der Waals surface area (Å²) in [7, 11) is 2.68. The second kappa shape index (κ2) is 19.2. The van der Waals surface area contributed by atoms with Crippen LogP contribution in [0.3, 0.4) is 0 Å². The fourth-order valence-electron chi connectivity index (χ4n) is 7.38. The number of methoxy groups -OCH3 is 2. The number of ether oxygens (including phenoxy) is 6. The van der Waals surface area contributed by atoms with Gasteiger partial charge in [0.1, 0.15) is 45.5 Å². The molecule has 13 heteroatoms. The number of carbonyl (C=O) groups is 2. The zero-order valence-corrected chi connectivity index (χ0v) is 38.2. The molecule has 67 heavy (non-hydrogen) atoms. The first-order valence-corrected chi connectivity index (χ1v) is 23.2. The molecule has 0 aliphatic rings. The maximum absolute atomic E-state index is 12.5. The summed E-state index contributed by atoms with van der Waals surface area (Å²) in [6, 6.07) is 56.7. The van der Waals surface area contributed by atoms with Gasteiger partial charge in [-0.1, -0.05) is 60.7 Å². The Bertz CT molecular complexity index is 3140. The van der Waals surface area contributed by atoms with Crippen LogP contribution in [0.15, 0.2) is 182 Å². The first-order chi connectivity index (χ1) is 32.9. The Labute approximate surface area is 397 Å². The van der Waals surface area contributed by atoms with E-state index in [-0.39, 0.29) is 0 Å². The van der Waals surface area contributed by atoms with Gasteiger partial charge in [-0.25, -0.2) is 9.59 Å². The van der Waals surface area contributed by atoms with Crippen molar-refractivity contribution in [2.24, 2.45) is 0 Å². The molecule has 0 bridgehead atoms. The highest BCUT2D eigenvalue weighted by Gasteiger charge is 2.30. The third kappa shape index (κ3) is 8.99. The molecule has 0 unspecified atom stereocenters. The van der Waals surface area contributed by atoms with Crippen LogP contribution < -0.4 is 18.9 Å². The monoisotopic (exact) mass is 936 g/mol. The summed E-state index contributed by atoms with van der Waals surface area (Å²) in [5.41, 5.74) is 5.00. The van der Waals surface area contributed by atoms with Crippen molar-refractivity contribution in [3.8, 4) is 87.8 Å². The van der Waals surface area contributed by atoms with Crippen LogP contribution in [0.1, 0.15) is 20.7 Å². The Balaban J connectivity index is 1.17. The van der Waals surface area contributed by atoms with E-state index < -0.39 is 11.9 Å². The largest absolute Gasteiger partial charge is 0.465 e. The molecule has 0 saturated heterocycles. The number of benzene rings is 7. The molecular weight excluding hydrogens is 901 g/mol. The quantitative estimate of drug-likeness (QED) is 0.0976. The number of aromatic nitrogens is 2. The minimum absolute atomic E-state index is 0.350. The van der Waals surface area contributed by atoms with Gasteiger partial charge in [0.2, 0.25) is 0 Å². The van der Waals surface area contributed by atoms with Crippen molar-refractivity contribution in [1.82, 2.24) is 8.75 Å². The fraction of sp³-hybridized carbons (Fsp3) is 0.0370. The molecule has 328 valence electrons. The van der Waals surface area contributed by atoms with Crippen molar-refractivity contribution in [1.29, 1.82) is 0 Å². The van der Waals surface area contributed by atoms with E-state index in [1.54, 1.807) is 71.2 Å². The second-order valence-corrected chi connectivity index (χ2v) is 17.5. The van der Waals surface area contributed by atoms with Gasteiger partial charge in [0, 0.05) is 30.6 Å². The number of rotatable bonds is 14. The number of nitrogens with zero attached hydrogens (tertiary/aromatic N) is 2. The number of thiophene rings is 2. The molecule has 0 amide bonds. The summed E-state index contributed by atoms with van der Waals surface area (Å²) in [5.74, 6) is 3.43. The van der Waals surface area contributed by atoms with Crippen molar-refractivity contribution in [3.05, 3.63) is 193 Å². The summed E-state index contributed by atoms with van der Waals surface area (Å²) in [6.45, 7) is 0. The predicted octanol–water partition coefficient (Wildman–Crippen LogP) is 15.2. The van der Waals surface area contributed by atoms with Crippen molar-refractivity contribution in [2.45, 2.75) is 0 Å². The second-order valence-electron chi connectivity index (χ2n) is 14.8. The van der Waals surface area contributed by atoms with Crippen molar-refractivity contribution in [2.75, 3.05) is 14.2 Å². The van der Waals surface area contributed by atoms with Crippen LogP contribution in [0, 0.1) is 0 Å². The van der Waals surface area contributed by atoms with Gasteiger partial charge in [-0.05, 0) is 121 Å². The van der Waals surface area contributed by atoms with Gasteiger partial charge in [0.05, 0.1) is 48.2 Å². The smallest absolute Gasteiger partial charge is 0.337 e. The molecule has 0 atom stereocenters. The third-order valence-corrected chi connectivity index (χ3v) is 13.4. The molecule has 0 aliphatic carbocycles. The molecule has 7 aromatic carbocycles. The van der Waals surface area contributed by atoms with Crippen LogP contribution >= 0.6 is 34.4 Å². The zero-order valence-electron chi connectivity index (χ0n) is 35.7. The summed E-state index contributed by atoms with van der Waals surface area (Å²) >= 11 is 4.17. The van der Waals surface area contributed by atoms with E-state index in [9.17, 15) is 9.59 Å². The summed E-state index contributed by atoms with van der Waals surface area (Å²) in [6.07, 6.45) is 0. The van der Waals surface area contributed by atoms with E-state index in [1.165, 1.54) is 14.2 Å². The minimum Gasteiger partial charge on any atom is -0.465 e. The number of carbonyl (C=O) groups excluding carboxylic acids is 2. The maximum Gasteiger partial charge on any atom is 0.337 e. The van der Waals surface area contributed by atoms with E-state index in [1.807, 2.05) is 133 Å². The zero-order chi connectivity index (χ0) is 45.7. The molecule has 3 aromatic heterocycles. The molecule has 0 fully saturated rings. The summed E-state index contributed by atoms with van der Waals surface area (Å²) in [5, 5.41) is 0. The van der Waals surface area contributed by atoms with Crippen LogP contribution in [0.25, 0.3) is 52.8 Å². The molecule has 0 spiro atoms. The molecule has 0 radical (unpaired) electrons.